The lowest BCUT2D eigenvalue weighted by atomic mass is 10.1. The lowest BCUT2D eigenvalue weighted by molar-refractivity contribution is 0.602. The summed E-state index contributed by atoms with van der Waals surface area (Å²) in [6.07, 6.45) is 0. The van der Waals surface area contributed by atoms with Crippen molar-refractivity contribution in [3.8, 4) is 23.0 Å². The van der Waals surface area contributed by atoms with Gasteiger partial charge in [-0.3, -0.25) is 0 Å². The van der Waals surface area contributed by atoms with Crippen LogP contribution in [0.15, 0.2) is 42.5 Å². The van der Waals surface area contributed by atoms with Crippen LogP contribution in [-0.2, 0) is 0 Å². The van der Waals surface area contributed by atoms with Gasteiger partial charge >= 0.3 is 0 Å². The molecule has 2 aromatic carbocycles. The van der Waals surface area contributed by atoms with Crippen LogP contribution in [0.25, 0.3) is 16.9 Å². The summed E-state index contributed by atoms with van der Waals surface area (Å²) in [4.78, 5) is 0. The molecule has 108 valence electrons. The normalized spacial score (nSPS) is 10.4. The SMILES string of the molecule is N#Cc1ccccc1-n1nnc(-c2cc(F)ccc2F)c1N. The summed E-state index contributed by atoms with van der Waals surface area (Å²) in [7, 11) is 0. The molecule has 0 unspecified atom stereocenters. The minimum absolute atomic E-state index is 0.0183. The van der Waals surface area contributed by atoms with Crippen molar-refractivity contribution in [1.29, 1.82) is 5.26 Å². The number of nitrogens with two attached hydrogens (primary N) is 1. The Morgan fingerprint density at radius 1 is 1.14 bits per heavy atom. The van der Waals surface area contributed by atoms with Gasteiger partial charge in [-0.1, -0.05) is 17.3 Å². The third-order valence-corrected chi connectivity index (χ3v) is 3.14. The molecule has 0 aliphatic carbocycles. The minimum Gasteiger partial charge on any atom is -0.382 e. The van der Waals surface area contributed by atoms with E-state index >= 15 is 0 Å². The Morgan fingerprint density at radius 3 is 2.68 bits per heavy atom. The van der Waals surface area contributed by atoms with Gasteiger partial charge < -0.3 is 5.73 Å². The molecule has 1 aromatic heterocycles. The number of halogens is 2. The first-order chi connectivity index (χ1) is 10.6. The van der Waals surface area contributed by atoms with Crippen LogP contribution in [0.1, 0.15) is 5.56 Å². The van der Waals surface area contributed by atoms with Crippen LogP contribution in [0, 0.1) is 23.0 Å². The molecule has 3 aromatic rings. The van der Waals surface area contributed by atoms with E-state index in [1.165, 1.54) is 4.68 Å². The Hall–Kier alpha value is -3.27. The summed E-state index contributed by atoms with van der Waals surface area (Å²) >= 11 is 0. The first kappa shape index (κ1) is 13.7. The Morgan fingerprint density at radius 2 is 1.91 bits per heavy atom. The zero-order valence-corrected chi connectivity index (χ0v) is 11.2. The molecule has 2 N–H and O–H groups in total. The molecule has 22 heavy (non-hydrogen) atoms. The molecule has 0 amide bonds. The minimum atomic E-state index is -0.659. The zero-order valence-electron chi connectivity index (χ0n) is 11.2. The van der Waals surface area contributed by atoms with E-state index in [0.717, 1.165) is 18.2 Å². The summed E-state index contributed by atoms with van der Waals surface area (Å²) in [5.41, 5.74) is 6.64. The van der Waals surface area contributed by atoms with E-state index in [9.17, 15) is 8.78 Å². The van der Waals surface area contributed by atoms with Gasteiger partial charge in [0.1, 0.15) is 23.4 Å². The maximum atomic E-state index is 13.8. The van der Waals surface area contributed by atoms with Gasteiger partial charge in [0.25, 0.3) is 0 Å². The molecule has 0 spiro atoms. The van der Waals surface area contributed by atoms with E-state index in [-0.39, 0.29) is 17.1 Å². The van der Waals surface area contributed by atoms with Gasteiger partial charge in [0.2, 0.25) is 0 Å². The first-order valence-corrected chi connectivity index (χ1v) is 6.28. The molecule has 0 bridgehead atoms. The fourth-order valence-corrected chi connectivity index (χ4v) is 2.09. The van der Waals surface area contributed by atoms with Gasteiger partial charge in [0.05, 0.1) is 11.3 Å². The molecule has 0 aliphatic heterocycles. The van der Waals surface area contributed by atoms with Crippen molar-refractivity contribution in [3.05, 3.63) is 59.7 Å². The number of para-hydroxylation sites is 1. The molecule has 0 atom stereocenters. The number of rotatable bonds is 2. The standard InChI is InChI=1S/C15H9F2N5/c16-10-5-6-12(17)11(7-10)14-15(19)22(21-20-14)13-4-2-1-3-9(13)8-18/h1-7H,19H2. The zero-order chi connectivity index (χ0) is 15.7. The van der Waals surface area contributed by atoms with Crippen LogP contribution in [0.2, 0.25) is 0 Å². The monoisotopic (exact) mass is 297 g/mol. The topological polar surface area (TPSA) is 80.5 Å². The Bertz CT molecular complexity index is 895. The van der Waals surface area contributed by atoms with Crippen molar-refractivity contribution < 1.29 is 8.78 Å². The lowest BCUT2D eigenvalue weighted by Gasteiger charge is -2.05. The summed E-state index contributed by atoms with van der Waals surface area (Å²) in [6, 6.07) is 11.6. The van der Waals surface area contributed by atoms with Crippen LogP contribution in [0.4, 0.5) is 14.6 Å². The molecular formula is C15H9F2N5. The van der Waals surface area contributed by atoms with Crippen LogP contribution in [-0.4, -0.2) is 15.0 Å². The van der Waals surface area contributed by atoms with E-state index in [4.69, 9.17) is 11.0 Å². The van der Waals surface area contributed by atoms with E-state index in [2.05, 4.69) is 10.3 Å². The Labute approximate surface area is 124 Å². The third-order valence-electron chi connectivity index (χ3n) is 3.14. The van der Waals surface area contributed by atoms with Gasteiger partial charge in [0.15, 0.2) is 5.82 Å². The number of hydrogen-bond donors (Lipinski definition) is 1. The van der Waals surface area contributed by atoms with E-state index < -0.39 is 11.6 Å². The van der Waals surface area contributed by atoms with Crippen LogP contribution in [0.5, 0.6) is 0 Å². The average molecular weight is 297 g/mol. The summed E-state index contributed by atoms with van der Waals surface area (Å²) < 4.78 is 28.4. The highest BCUT2D eigenvalue weighted by Crippen LogP contribution is 2.28. The highest BCUT2D eigenvalue weighted by molar-refractivity contribution is 5.72. The molecule has 0 saturated heterocycles. The van der Waals surface area contributed by atoms with Gasteiger partial charge in [-0.05, 0) is 30.3 Å². The quantitative estimate of drug-likeness (QED) is 0.788. The predicted octanol–water partition coefficient (Wildman–Crippen LogP) is 2.67. The fourth-order valence-electron chi connectivity index (χ4n) is 2.09. The smallest absolute Gasteiger partial charge is 0.156 e. The van der Waals surface area contributed by atoms with Gasteiger partial charge in [-0.2, -0.15) is 9.94 Å². The largest absolute Gasteiger partial charge is 0.382 e. The number of hydrogen-bond acceptors (Lipinski definition) is 4. The van der Waals surface area contributed by atoms with E-state index in [1.54, 1.807) is 24.3 Å². The number of aromatic nitrogens is 3. The second-order valence-corrected chi connectivity index (χ2v) is 4.49. The summed E-state index contributed by atoms with van der Waals surface area (Å²) in [5.74, 6) is -1.25. The summed E-state index contributed by atoms with van der Waals surface area (Å²) in [5, 5.41) is 16.8. The van der Waals surface area contributed by atoms with Crippen LogP contribution < -0.4 is 5.73 Å². The number of nitriles is 1. The molecule has 0 saturated carbocycles. The first-order valence-electron chi connectivity index (χ1n) is 6.28. The highest BCUT2D eigenvalue weighted by Gasteiger charge is 2.18. The number of anilines is 1. The molecule has 3 rings (SSSR count). The second-order valence-electron chi connectivity index (χ2n) is 4.49. The van der Waals surface area contributed by atoms with Gasteiger partial charge in [0, 0.05) is 5.56 Å². The average Bonchev–Trinajstić information content (AvgIpc) is 2.91. The van der Waals surface area contributed by atoms with Crippen molar-refractivity contribution in [2.24, 2.45) is 0 Å². The van der Waals surface area contributed by atoms with Gasteiger partial charge in [-0.15, -0.1) is 5.10 Å². The van der Waals surface area contributed by atoms with Crippen molar-refractivity contribution >= 4 is 5.82 Å². The molecule has 0 radical (unpaired) electrons. The highest BCUT2D eigenvalue weighted by atomic mass is 19.1. The molecular weight excluding hydrogens is 288 g/mol. The number of benzene rings is 2. The maximum absolute atomic E-state index is 13.8. The van der Waals surface area contributed by atoms with Crippen molar-refractivity contribution in [1.82, 2.24) is 15.0 Å². The molecule has 0 aliphatic rings. The molecule has 0 fully saturated rings. The van der Waals surface area contributed by atoms with E-state index in [1.807, 2.05) is 6.07 Å². The van der Waals surface area contributed by atoms with E-state index in [0.29, 0.717) is 11.3 Å². The Balaban J connectivity index is 2.18. The van der Waals surface area contributed by atoms with Crippen molar-refractivity contribution in [2.75, 3.05) is 5.73 Å². The maximum Gasteiger partial charge on any atom is 0.156 e. The second kappa shape index (κ2) is 5.26. The fraction of sp³-hybridized carbons (Fsp3) is 0. The molecule has 7 heteroatoms. The van der Waals surface area contributed by atoms with Crippen molar-refractivity contribution in [3.63, 3.8) is 0 Å². The van der Waals surface area contributed by atoms with Gasteiger partial charge in [-0.25, -0.2) is 8.78 Å². The lowest BCUT2D eigenvalue weighted by Crippen LogP contribution is -2.04. The summed E-state index contributed by atoms with van der Waals surface area (Å²) in [6.45, 7) is 0. The molecule has 1 heterocycles. The van der Waals surface area contributed by atoms with Crippen LogP contribution >= 0.6 is 0 Å². The van der Waals surface area contributed by atoms with Crippen LogP contribution in [0.3, 0.4) is 0 Å². The number of nitrogen functional groups attached to an aromatic ring is 1. The number of nitrogens with zero attached hydrogens (tertiary/aromatic N) is 4. The molecule has 5 nitrogen and oxygen atoms in total. The predicted molar refractivity (Wildman–Crippen MR) is 75.8 cm³/mol. The van der Waals surface area contributed by atoms with Crippen molar-refractivity contribution in [2.45, 2.75) is 0 Å². The Kier molecular flexibility index (Phi) is 3.27. The third kappa shape index (κ3) is 2.16.